The zero-order valence-electron chi connectivity index (χ0n) is 19.6. The molecule has 6 heteroatoms. The third-order valence-corrected chi connectivity index (χ3v) is 5.90. The Kier molecular flexibility index (Phi) is 9.53. The molecule has 0 bridgehead atoms. The highest BCUT2D eigenvalue weighted by molar-refractivity contribution is 6.30. The standard InChI is InChI=1S/C28H31ClN2O3/c1-3-21(2)30-28(33)26(18-22-10-6-4-7-11-22)31(19-23-12-8-5-9-13-23)27(32)20-34-25-16-14-24(29)15-17-25/h4-17,21,26H,3,18-20H2,1-2H3,(H,30,33). The first-order valence-corrected chi connectivity index (χ1v) is 11.9. The monoisotopic (exact) mass is 478 g/mol. The number of nitrogens with one attached hydrogen (secondary N) is 1. The number of ether oxygens (including phenoxy) is 1. The van der Waals surface area contributed by atoms with Gasteiger partial charge in [0.15, 0.2) is 6.61 Å². The molecule has 34 heavy (non-hydrogen) atoms. The topological polar surface area (TPSA) is 58.6 Å². The Balaban J connectivity index is 1.88. The number of carbonyl (C=O) groups is 2. The molecule has 0 spiro atoms. The molecule has 0 saturated carbocycles. The van der Waals surface area contributed by atoms with Crippen molar-refractivity contribution in [2.45, 2.75) is 45.3 Å². The molecule has 0 fully saturated rings. The first kappa shape index (κ1) is 25.3. The van der Waals surface area contributed by atoms with Gasteiger partial charge in [0.25, 0.3) is 5.91 Å². The van der Waals surface area contributed by atoms with Crippen LogP contribution in [0, 0.1) is 0 Å². The summed E-state index contributed by atoms with van der Waals surface area (Å²) in [5.74, 6) is 0.106. The molecule has 3 aromatic carbocycles. The van der Waals surface area contributed by atoms with Crippen molar-refractivity contribution in [3.8, 4) is 5.75 Å². The average Bonchev–Trinajstić information content (AvgIpc) is 2.86. The van der Waals surface area contributed by atoms with Gasteiger partial charge in [-0.2, -0.15) is 0 Å². The number of rotatable bonds is 11. The third kappa shape index (κ3) is 7.63. The van der Waals surface area contributed by atoms with Crippen LogP contribution in [0.4, 0.5) is 0 Å². The number of nitrogens with zero attached hydrogens (tertiary/aromatic N) is 1. The Bertz CT molecular complexity index is 1040. The summed E-state index contributed by atoms with van der Waals surface area (Å²) in [6.45, 7) is 4.10. The Hall–Kier alpha value is -3.31. The van der Waals surface area contributed by atoms with Gasteiger partial charge in [-0.1, -0.05) is 79.2 Å². The lowest BCUT2D eigenvalue weighted by Crippen LogP contribution is -2.53. The largest absolute Gasteiger partial charge is 0.484 e. The lowest BCUT2D eigenvalue weighted by Gasteiger charge is -2.32. The van der Waals surface area contributed by atoms with Gasteiger partial charge in [-0.25, -0.2) is 0 Å². The lowest BCUT2D eigenvalue weighted by atomic mass is 10.0. The van der Waals surface area contributed by atoms with E-state index in [9.17, 15) is 9.59 Å². The molecule has 3 rings (SSSR count). The minimum Gasteiger partial charge on any atom is -0.484 e. The van der Waals surface area contributed by atoms with Crippen LogP contribution < -0.4 is 10.1 Å². The second-order valence-electron chi connectivity index (χ2n) is 8.27. The molecule has 2 atom stereocenters. The Labute approximate surface area is 206 Å². The van der Waals surface area contributed by atoms with E-state index in [4.69, 9.17) is 16.3 Å². The summed E-state index contributed by atoms with van der Waals surface area (Å²) in [4.78, 5) is 28.5. The van der Waals surface area contributed by atoms with Gasteiger partial charge in [-0.3, -0.25) is 9.59 Å². The number of benzene rings is 3. The molecule has 0 radical (unpaired) electrons. The minimum absolute atomic E-state index is 0.00441. The molecular formula is C28H31ClN2O3. The van der Waals surface area contributed by atoms with Crippen LogP contribution in [-0.2, 0) is 22.6 Å². The predicted octanol–water partition coefficient (Wildman–Crippen LogP) is 5.27. The van der Waals surface area contributed by atoms with Crippen LogP contribution in [0.25, 0.3) is 0 Å². The summed E-state index contributed by atoms with van der Waals surface area (Å²) in [6, 6.07) is 25.6. The molecular weight excluding hydrogens is 448 g/mol. The van der Waals surface area contributed by atoms with Crippen LogP contribution in [0.1, 0.15) is 31.4 Å². The van der Waals surface area contributed by atoms with Crippen molar-refractivity contribution in [2.24, 2.45) is 0 Å². The van der Waals surface area contributed by atoms with Crippen molar-refractivity contribution in [3.63, 3.8) is 0 Å². The summed E-state index contributed by atoms with van der Waals surface area (Å²) in [5, 5.41) is 3.65. The van der Waals surface area contributed by atoms with E-state index in [1.165, 1.54) is 0 Å². The van der Waals surface area contributed by atoms with Gasteiger partial charge in [0.1, 0.15) is 11.8 Å². The van der Waals surface area contributed by atoms with Crippen LogP contribution in [0.15, 0.2) is 84.9 Å². The number of hydrogen-bond acceptors (Lipinski definition) is 3. The van der Waals surface area contributed by atoms with Crippen LogP contribution in [0.3, 0.4) is 0 Å². The molecule has 0 heterocycles. The van der Waals surface area contributed by atoms with Gasteiger partial charge < -0.3 is 15.0 Å². The number of amides is 2. The van der Waals surface area contributed by atoms with E-state index < -0.39 is 6.04 Å². The van der Waals surface area contributed by atoms with E-state index >= 15 is 0 Å². The van der Waals surface area contributed by atoms with Crippen LogP contribution in [-0.4, -0.2) is 35.4 Å². The molecule has 178 valence electrons. The van der Waals surface area contributed by atoms with Crippen molar-refractivity contribution in [1.82, 2.24) is 10.2 Å². The number of halogens is 1. The summed E-state index contributed by atoms with van der Waals surface area (Å²) in [7, 11) is 0. The van der Waals surface area contributed by atoms with Gasteiger partial charge in [0.05, 0.1) is 0 Å². The fourth-order valence-electron chi connectivity index (χ4n) is 3.53. The summed E-state index contributed by atoms with van der Waals surface area (Å²) in [5.41, 5.74) is 1.92. The molecule has 0 saturated heterocycles. The molecule has 2 unspecified atom stereocenters. The SMILES string of the molecule is CCC(C)NC(=O)C(Cc1ccccc1)N(Cc1ccccc1)C(=O)COc1ccc(Cl)cc1. The van der Waals surface area contributed by atoms with E-state index in [1.807, 2.05) is 74.5 Å². The fourth-order valence-corrected chi connectivity index (χ4v) is 3.66. The van der Waals surface area contributed by atoms with Crippen molar-refractivity contribution < 1.29 is 14.3 Å². The zero-order chi connectivity index (χ0) is 24.3. The van der Waals surface area contributed by atoms with Crippen molar-refractivity contribution in [1.29, 1.82) is 0 Å². The van der Waals surface area contributed by atoms with E-state index in [0.29, 0.717) is 23.7 Å². The average molecular weight is 479 g/mol. The summed E-state index contributed by atoms with van der Waals surface area (Å²) in [6.07, 6.45) is 1.21. The Morgan fingerprint density at radius 1 is 0.912 bits per heavy atom. The fraction of sp³-hybridized carbons (Fsp3) is 0.286. The maximum Gasteiger partial charge on any atom is 0.261 e. The van der Waals surface area contributed by atoms with E-state index in [1.54, 1.807) is 29.2 Å². The molecule has 0 aliphatic carbocycles. The minimum atomic E-state index is -0.682. The quantitative estimate of drug-likeness (QED) is 0.408. The molecule has 1 N–H and O–H groups in total. The van der Waals surface area contributed by atoms with Crippen LogP contribution in [0.5, 0.6) is 5.75 Å². The zero-order valence-corrected chi connectivity index (χ0v) is 20.4. The van der Waals surface area contributed by atoms with Gasteiger partial charge >= 0.3 is 0 Å². The highest BCUT2D eigenvalue weighted by Gasteiger charge is 2.31. The second-order valence-corrected chi connectivity index (χ2v) is 8.71. The Morgan fingerprint density at radius 2 is 1.50 bits per heavy atom. The van der Waals surface area contributed by atoms with E-state index in [-0.39, 0.29) is 24.5 Å². The summed E-state index contributed by atoms with van der Waals surface area (Å²) >= 11 is 5.95. The predicted molar refractivity (Wildman–Crippen MR) is 136 cm³/mol. The van der Waals surface area contributed by atoms with Crippen molar-refractivity contribution in [2.75, 3.05) is 6.61 Å². The second kappa shape index (κ2) is 12.8. The van der Waals surface area contributed by atoms with Gasteiger partial charge in [0, 0.05) is 24.0 Å². The molecule has 0 aliphatic rings. The van der Waals surface area contributed by atoms with Gasteiger partial charge in [-0.05, 0) is 48.7 Å². The maximum absolute atomic E-state index is 13.5. The Morgan fingerprint density at radius 3 is 2.09 bits per heavy atom. The van der Waals surface area contributed by atoms with Crippen LogP contribution in [0.2, 0.25) is 5.02 Å². The van der Waals surface area contributed by atoms with Gasteiger partial charge in [-0.15, -0.1) is 0 Å². The lowest BCUT2D eigenvalue weighted by molar-refractivity contribution is -0.143. The number of carbonyl (C=O) groups excluding carboxylic acids is 2. The molecule has 0 aromatic heterocycles. The van der Waals surface area contributed by atoms with Crippen molar-refractivity contribution >= 4 is 23.4 Å². The van der Waals surface area contributed by atoms with E-state index in [0.717, 1.165) is 17.5 Å². The smallest absolute Gasteiger partial charge is 0.261 e. The first-order chi connectivity index (χ1) is 16.5. The molecule has 0 aliphatic heterocycles. The number of hydrogen-bond donors (Lipinski definition) is 1. The molecule has 2 amide bonds. The van der Waals surface area contributed by atoms with E-state index in [2.05, 4.69) is 5.32 Å². The maximum atomic E-state index is 13.5. The molecule has 5 nitrogen and oxygen atoms in total. The third-order valence-electron chi connectivity index (χ3n) is 5.64. The normalized spacial score (nSPS) is 12.4. The highest BCUT2D eigenvalue weighted by atomic mass is 35.5. The van der Waals surface area contributed by atoms with Crippen LogP contribution >= 0.6 is 11.6 Å². The molecule has 3 aromatic rings. The summed E-state index contributed by atoms with van der Waals surface area (Å²) < 4.78 is 5.74. The van der Waals surface area contributed by atoms with Crippen molar-refractivity contribution in [3.05, 3.63) is 101 Å². The van der Waals surface area contributed by atoms with Gasteiger partial charge in [0.2, 0.25) is 5.91 Å². The first-order valence-electron chi connectivity index (χ1n) is 11.5. The highest BCUT2D eigenvalue weighted by Crippen LogP contribution is 2.18.